The second-order valence-electron chi connectivity index (χ2n) is 7.07. The zero-order valence-corrected chi connectivity index (χ0v) is 16.6. The molecule has 1 fully saturated rings. The average molecular weight is 406 g/mol. The van der Waals surface area contributed by atoms with Gasteiger partial charge in [0.2, 0.25) is 5.91 Å². The Morgan fingerprint density at radius 3 is 2.80 bits per heavy atom. The molecular weight excluding hydrogens is 383 g/mol. The normalized spacial score (nSPS) is 16.7. The van der Waals surface area contributed by atoms with E-state index in [2.05, 4.69) is 20.6 Å². The lowest BCUT2D eigenvalue weighted by molar-refractivity contribution is -0.117. The Balaban J connectivity index is 1.35. The second kappa shape index (κ2) is 8.77. The number of aromatic nitrogens is 2. The molecule has 1 amide bonds. The minimum Gasteiger partial charge on any atom is -0.352 e. The van der Waals surface area contributed by atoms with Gasteiger partial charge in [-0.1, -0.05) is 24.3 Å². The first-order valence-electron chi connectivity index (χ1n) is 9.73. The van der Waals surface area contributed by atoms with Crippen LogP contribution in [0.2, 0.25) is 0 Å². The van der Waals surface area contributed by atoms with E-state index in [4.69, 9.17) is 0 Å². The molecule has 0 radical (unpaired) electrons. The van der Waals surface area contributed by atoms with E-state index in [1.807, 2.05) is 36.4 Å². The fourth-order valence-corrected chi connectivity index (χ4v) is 3.51. The molecule has 154 valence electrons. The van der Waals surface area contributed by atoms with Crippen LogP contribution in [0.1, 0.15) is 12.0 Å². The number of amides is 1. The molecule has 30 heavy (non-hydrogen) atoms. The molecular formula is C22H23FN6O. The Hall–Kier alpha value is -3.68. The van der Waals surface area contributed by atoms with Gasteiger partial charge in [-0.2, -0.15) is 0 Å². The van der Waals surface area contributed by atoms with Crippen LogP contribution < -0.4 is 15.5 Å². The number of benzene rings is 2. The molecule has 0 saturated carbocycles. The van der Waals surface area contributed by atoms with Crippen molar-refractivity contribution in [3.8, 4) is 5.69 Å². The highest BCUT2D eigenvalue weighted by Gasteiger charge is 2.31. The first kappa shape index (κ1) is 19.6. The van der Waals surface area contributed by atoms with Crippen LogP contribution in [0, 0.1) is 5.82 Å². The van der Waals surface area contributed by atoms with Gasteiger partial charge in [0.05, 0.1) is 18.1 Å². The highest BCUT2D eigenvalue weighted by molar-refractivity contribution is 5.97. The zero-order chi connectivity index (χ0) is 20.9. The number of rotatable bonds is 5. The smallest absolute Gasteiger partial charge is 0.229 e. The van der Waals surface area contributed by atoms with E-state index in [0.717, 1.165) is 11.3 Å². The summed E-state index contributed by atoms with van der Waals surface area (Å²) in [6.07, 6.45) is 5.26. The van der Waals surface area contributed by atoms with Gasteiger partial charge < -0.3 is 20.1 Å². The number of nitrogens with zero attached hydrogens (tertiary/aromatic N) is 4. The summed E-state index contributed by atoms with van der Waals surface area (Å²) in [7, 11) is 1.67. The van der Waals surface area contributed by atoms with Crippen LogP contribution in [-0.4, -0.2) is 41.1 Å². The van der Waals surface area contributed by atoms with Crippen LogP contribution in [0.25, 0.3) is 5.69 Å². The van der Waals surface area contributed by atoms with Crippen LogP contribution in [0.4, 0.5) is 10.1 Å². The number of carbonyl (C=O) groups is 1. The van der Waals surface area contributed by atoms with Crippen molar-refractivity contribution in [1.29, 1.82) is 0 Å². The summed E-state index contributed by atoms with van der Waals surface area (Å²) in [5.74, 6) is 0.322. The number of anilines is 1. The van der Waals surface area contributed by atoms with Crippen LogP contribution >= 0.6 is 0 Å². The summed E-state index contributed by atoms with van der Waals surface area (Å²) < 4.78 is 16.1. The topological polar surface area (TPSA) is 74.5 Å². The van der Waals surface area contributed by atoms with Gasteiger partial charge in [-0.25, -0.2) is 9.37 Å². The van der Waals surface area contributed by atoms with Crippen LogP contribution in [0.5, 0.6) is 0 Å². The van der Waals surface area contributed by atoms with Crippen molar-refractivity contribution in [2.45, 2.75) is 19.0 Å². The Kier molecular flexibility index (Phi) is 5.74. The first-order chi connectivity index (χ1) is 14.6. The molecule has 2 aromatic carbocycles. The Bertz CT molecular complexity index is 1040. The first-order valence-corrected chi connectivity index (χ1v) is 9.73. The molecule has 4 rings (SSSR count). The third kappa shape index (κ3) is 4.32. The predicted molar refractivity (Wildman–Crippen MR) is 114 cm³/mol. The summed E-state index contributed by atoms with van der Waals surface area (Å²) in [5.41, 5.74) is 2.13. The summed E-state index contributed by atoms with van der Waals surface area (Å²) in [5, 5.41) is 6.47. The third-order valence-electron chi connectivity index (χ3n) is 5.01. The van der Waals surface area contributed by atoms with E-state index in [-0.39, 0.29) is 17.8 Å². The molecule has 2 heterocycles. The van der Waals surface area contributed by atoms with Crippen molar-refractivity contribution in [1.82, 2.24) is 20.2 Å². The average Bonchev–Trinajstić information content (AvgIpc) is 3.41. The summed E-state index contributed by atoms with van der Waals surface area (Å²) in [6, 6.07) is 14.6. The van der Waals surface area contributed by atoms with Crippen molar-refractivity contribution in [2.24, 2.45) is 4.99 Å². The van der Waals surface area contributed by atoms with E-state index in [1.54, 1.807) is 41.3 Å². The summed E-state index contributed by atoms with van der Waals surface area (Å²) >= 11 is 0. The van der Waals surface area contributed by atoms with Gasteiger partial charge in [0, 0.05) is 44.6 Å². The van der Waals surface area contributed by atoms with E-state index in [1.165, 1.54) is 6.07 Å². The number of halogens is 1. The monoisotopic (exact) mass is 406 g/mol. The summed E-state index contributed by atoms with van der Waals surface area (Å²) in [6.45, 7) is 0.974. The number of aliphatic imine (C=N–C) groups is 1. The standard InChI is InChI=1S/C22H23FN6O/c1-24-22(27-17-12-21(30)29(14-17)18-5-3-2-4-6-18)26-13-16-7-8-20(19(23)11-16)28-10-9-25-15-28/h2-11,15,17H,12-14H2,1H3,(H2,24,26,27). The maximum absolute atomic E-state index is 14.4. The molecule has 8 heteroatoms. The lowest BCUT2D eigenvalue weighted by atomic mass is 10.2. The molecule has 0 spiro atoms. The van der Waals surface area contributed by atoms with Gasteiger partial charge >= 0.3 is 0 Å². The van der Waals surface area contributed by atoms with Gasteiger partial charge in [0.15, 0.2) is 5.96 Å². The van der Waals surface area contributed by atoms with Gasteiger partial charge in [0.25, 0.3) is 0 Å². The number of guanidine groups is 1. The van der Waals surface area contributed by atoms with Crippen molar-refractivity contribution in [2.75, 3.05) is 18.5 Å². The Labute approximate surface area is 174 Å². The number of para-hydroxylation sites is 1. The van der Waals surface area contributed by atoms with E-state index >= 15 is 0 Å². The van der Waals surface area contributed by atoms with Crippen LogP contribution in [-0.2, 0) is 11.3 Å². The predicted octanol–water partition coefficient (Wildman–Crippen LogP) is 2.48. The molecule has 1 atom stereocenters. The highest BCUT2D eigenvalue weighted by Crippen LogP contribution is 2.21. The molecule has 2 N–H and O–H groups in total. The number of hydrogen-bond donors (Lipinski definition) is 2. The van der Waals surface area contributed by atoms with E-state index in [0.29, 0.717) is 31.2 Å². The molecule has 1 aliphatic rings. The van der Waals surface area contributed by atoms with Crippen LogP contribution in [0.3, 0.4) is 0 Å². The maximum atomic E-state index is 14.4. The Morgan fingerprint density at radius 2 is 2.10 bits per heavy atom. The molecule has 1 aromatic heterocycles. The molecule has 7 nitrogen and oxygen atoms in total. The fourth-order valence-electron chi connectivity index (χ4n) is 3.51. The minimum absolute atomic E-state index is 0.0516. The molecule has 1 unspecified atom stereocenters. The lowest BCUT2D eigenvalue weighted by Crippen LogP contribution is -2.44. The minimum atomic E-state index is -0.324. The Morgan fingerprint density at radius 1 is 1.27 bits per heavy atom. The van der Waals surface area contributed by atoms with E-state index in [9.17, 15) is 9.18 Å². The molecule has 0 aliphatic carbocycles. The van der Waals surface area contributed by atoms with Crippen molar-refractivity contribution >= 4 is 17.6 Å². The van der Waals surface area contributed by atoms with Crippen LogP contribution in [0.15, 0.2) is 72.2 Å². The van der Waals surface area contributed by atoms with Gasteiger partial charge in [0.1, 0.15) is 5.82 Å². The number of nitrogens with one attached hydrogen (secondary N) is 2. The van der Waals surface area contributed by atoms with Crippen molar-refractivity contribution < 1.29 is 9.18 Å². The number of imidazole rings is 1. The molecule has 0 bridgehead atoms. The van der Waals surface area contributed by atoms with Crippen molar-refractivity contribution in [3.63, 3.8) is 0 Å². The molecule has 1 saturated heterocycles. The quantitative estimate of drug-likeness (QED) is 0.504. The van der Waals surface area contributed by atoms with E-state index < -0.39 is 0 Å². The highest BCUT2D eigenvalue weighted by atomic mass is 19.1. The SMILES string of the molecule is CN=C(NCc1ccc(-n2ccnc2)c(F)c1)NC1CC(=O)N(c2ccccc2)C1. The largest absolute Gasteiger partial charge is 0.352 e. The molecule has 1 aliphatic heterocycles. The fraction of sp³-hybridized carbons (Fsp3) is 0.227. The zero-order valence-electron chi connectivity index (χ0n) is 16.6. The van der Waals surface area contributed by atoms with Crippen molar-refractivity contribution in [3.05, 3.63) is 78.6 Å². The molecule has 3 aromatic rings. The van der Waals surface area contributed by atoms with Gasteiger partial charge in [-0.15, -0.1) is 0 Å². The summed E-state index contributed by atoms with van der Waals surface area (Å²) in [4.78, 5) is 22.3. The lowest BCUT2D eigenvalue weighted by Gasteiger charge is -2.19. The number of hydrogen-bond acceptors (Lipinski definition) is 3. The third-order valence-corrected chi connectivity index (χ3v) is 5.01. The maximum Gasteiger partial charge on any atom is 0.229 e. The second-order valence-corrected chi connectivity index (χ2v) is 7.07. The van der Waals surface area contributed by atoms with Gasteiger partial charge in [-0.05, 0) is 29.8 Å². The van der Waals surface area contributed by atoms with Gasteiger partial charge in [-0.3, -0.25) is 9.79 Å². The number of carbonyl (C=O) groups excluding carboxylic acids is 1.